The summed E-state index contributed by atoms with van der Waals surface area (Å²) in [5, 5.41) is 3.35. The minimum Gasteiger partial charge on any atom is -0.497 e. The zero-order valence-corrected chi connectivity index (χ0v) is 14.0. The van der Waals surface area contributed by atoms with Gasteiger partial charge in [-0.1, -0.05) is 13.8 Å². The van der Waals surface area contributed by atoms with Gasteiger partial charge < -0.3 is 14.8 Å². The summed E-state index contributed by atoms with van der Waals surface area (Å²) in [4.78, 5) is 0. The van der Waals surface area contributed by atoms with E-state index in [2.05, 4.69) is 19.2 Å². The quantitative estimate of drug-likeness (QED) is 0.753. The van der Waals surface area contributed by atoms with Crippen LogP contribution < -0.4 is 14.8 Å². The Hall–Kier alpha value is -1.27. The van der Waals surface area contributed by atoms with Crippen LogP contribution in [0.5, 0.6) is 11.5 Å². The van der Waals surface area contributed by atoms with Crippen molar-refractivity contribution in [2.24, 2.45) is 5.92 Å². The van der Waals surface area contributed by atoms with E-state index in [9.17, 15) is 8.42 Å². The third-order valence-electron chi connectivity index (χ3n) is 2.85. The maximum absolute atomic E-state index is 11.1. The minimum absolute atomic E-state index is 0.0118. The van der Waals surface area contributed by atoms with Gasteiger partial charge in [0.2, 0.25) is 0 Å². The first kappa shape index (κ1) is 17.8. The monoisotopic (exact) mass is 315 g/mol. The molecule has 0 fully saturated rings. The van der Waals surface area contributed by atoms with Gasteiger partial charge in [0.05, 0.1) is 12.9 Å². The van der Waals surface area contributed by atoms with E-state index in [1.54, 1.807) is 7.11 Å². The summed E-state index contributed by atoms with van der Waals surface area (Å²) >= 11 is 0. The standard InChI is InChI=1S/C15H25NO4S/c1-12(2)10-16-11-13-9-14(19-3)5-6-15(13)20-7-8-21(4,17)18/h5-6,9,12,16H,7-8,10-11H2,1-4H3. The molecule has 6 heteroatoms. The lowest BCUT2D eigenvalue weighted by Crippen LogP contribution is -2.20. The molecule has 120 valence electrons. The lowest BCUT2D eigenvalue weighted by molar-refractivity contribution is 0.334. The number of sulfone groups is 1. The highest BCUT2D eigenvalue weighted by atomic mass is 32.2. The molecule has 0 saturated heterocycles. The highest BCUT2D eigenvalue weighted by molar-refractivity contribution is 7.90. The Morgan fingerprint density at radius 1 is 1.29 bits per heavy atom. The maximum Gasteiger partial charge on any atom is 0.150 e. The van der Waals surface area contributed by atoms with Crippen molar-refractivity contribution in [2.45, 2.75) is 20.4 Å². The van der Waals surface area contributed by atoms with Crippen LogP contribution in [-0.4, -0.2) is 40.7 Å². The van der Waals surface area contributed by atoms with Crippen LogP contribution in [-0.2, 0) is 16.4 Å². The fourth-order valence-electron chi connectivity index (χ4n) is 1.76. The van der Waals surface area contributed by atoms with Gasteiger partial charge in [0.25, 0.3) is 0 Å². The topological polar surface area (TPSA) is 64.6 Å². The van der Waals surface area contributed by atoms with E-state index < -0.39 is 9.84 Å². The van der Waals surface area contributed by atoms with Crippen molar-refractivity contribution in [3.63, 3.8) is 0 Å². The average molecular weight is 315 g/mol. The molecular formula is C15H25NO4S. The first-order chi connectivity index (χ1) is 9.81. The molecule has 0 aliphatic carbocycles. The summed E-state index contributed by atoms with van der Waals surface area (Å²) in [6, 6.07) is 5.53. The second-order valence-corrected chi connectivity index (χ2v) is 7.74. The van der Waals surface area contributed by atoms with Crippen LogP contribution in [0.15, 0.2) is 18.2 Å². The van der Waals surface area contributed by atoms with Crippen molar-refractivity contribution in [1.82, 2.24) is 5.32 Å². The first-order valence-electron chi connectivity index (χ1n) is 7.00. The average Bonchev–Trinajstić information content (AvgIpc) is 2.38. The van der Waals surface area contributed by atoms with Crippen LogP contribution in [0.4, 0.5) is 0 Å². The molecule has 21 heavy (non-hydrogen) atoms. The largest absolute Gasteiger partial charge is 0.497 e. The molecule has 0 atom stereocenters. The highest BCUT2D eigenvalue weighted by Gasteiger charge is 2.08. The minimum atomic E-state index is -3.01. The molecule has 5 nitrogen and oxygen atoms in total. The van der Waals surface area contributed by atoms with Crippen molar-refractivity contribution in [2.75, 3.05) is 32.3 Å². The molecule has 0 radical (unpaired) electrons. The Kier molecular flexibility index (Phi) is 6.98. The molecule has 0 heterocycles. The number of ether oxygens (including phenoxy) is 2. The molecule has 0 aromatic heterocycles. The Balaban J connectivity index is 2.71. The SMILES string of the molecule is COc1ccc(OCCS(C)(=O)=O)c(CNCC(C)C)c1. The fraction of sp³-hybridized carbons (Fsp3) is 0.600. The van der Waals surface area contributed by atoms with Crippen LogP contribution in [0.25, 0.3) is 0 Å². The molecule has 0 aliphatic heterocycles. The highest BCUT2D eigenvalue weighted by Crippen LogP contribution is 2.24. The number of rotatable bonds is 9. The zero-order valence-electron chi connectivity index (χ0n) is 13.2. The normalized spacial score (nSPS) is 11.7. The van der Waals surface area contributed by atoms with Gasteiger partial charge >= 0.3 is 0 Å². The van der Waals surface area contributed by atoms with Crippen LogP contribution >= 0.6 is 0 Å². The lowest BCUT2D eigenvalue weighted by Gasteiger charge is -2.14. The van der Waals surface area contributed by atoms with Crippen molar-refractivity contribution < 1.29 is 17.9 Å². The summed E-state index contributed by atoms with van der Waals surface area (Å²) in [6.07, 6.45) is 1.20. The Morgan fingerprint density at radius 2 is 2.00 bits per heavy atom. The summed E-state index contributed by atoms with van der Waals surface area (Å²) in [7, 11) is -1.40. The predicted molar refractivity (Wildman–Crippen MR) is 84.7 cm³/mol. The van der Waals surface area contributed by atoms with E-state index in [4.69, 9.17) is 9.47 Å². The second kappa shape index (κ2) is 8.24. The van der Waals surface area contributed by atoms with Gasteiger partial charge in [0.15, 0.2) is 9.84 Å². The van der Waals surface area contributed by atoms with Crippen LogP contribution in [0.2, 0.25) is 0 Å². The second-order valence-electron chi connectivity index (χ2n) is 5.48. The van der Waals surface area contributed by atoms with Gasteiger partial charge in [0.1, 0.15) is 18.1 Å². The molecule has 0 bridgehead atoms. The van der Waals surface area contributed by atoms with Crippen LogP contribution in [0.3, 0.4) is 0 Å². The molecule has 0 aliphatic rings. The molecule has 0 amide bonds. The molecule has 1 aromatic carbocycles. The Labute approximate surface area is 127 Å². The summed E-state index contributed by atoms with van der Waals surface area (Å²) in [6.45, 7) is 6.00. The molecule has 1 aromatic rings. The lowest BCUT2D eigenvalue weighted by atomic mass is 10.1. The predicted octanol–water partition coefficient (Wildman–Crippen LogP) is 1.86. The van der Waals surface area contributed by atoms with E-state index in [1.165, 1.54) is 6.26 Å². The van der Waals surface area contributed by atoms with Gasteiger partial charge in [-0.3, -0.25) is 0 Å². The number of methoxy groups -OCH3 is 1. The third-order valence-corrected chi connectivity index (χ3v) is 3.76. The van der Waals surface area contributed by atoms with Gasteiger partial charge in [-0.2, -0.15) is 0 Å². The van der Waals surface area contributed by atoms with E-state index in [0.29, 0.717) is 18.2 Å². The molecule has 0 unspecified atom stereocenters. The Morgan fingerprint density at radius 3 is 2.57 bits per heavy atom. The smallest absolute Gasteiger partial charge is 0.150 e. The molecule has 0 spiro atoms. The van der Waals surface area contributed by atoms with E-state index in [0.717, 1.165) is 17.9 Å². The van der Waals surface area contributed by atoms with Crippen LogP contribution in [0, 0.1) is 5.92 Å². The number of hydrogen-bond donors (Lipinski definition) is 1. The van der Waals surface area contributed by atoms with Gasteiger partial charge in [0, 0.05) is 18.4 Å². The molecule has 0 saturated carbocycles. The van der Waals surface area contributed by atoms with Crippen molar-refractivity contribution >= 4 is 9.84 Å². The maximum atomic E-state index is 11.1. The first-order valence-corrected chi connectivity index (χ1v) is 9.06. The van der Waals surface area contributed by atoms with Gasteiger partial charge in [-0.15, -0.1) is 0 Å². The van der Waals surface area contributed by atoms with Crippen molar-refractivity contribution in [1.29, 1.82) is 0 Å². The van der Waals surface area contributed by atoms with E-state index >= 15 is 0 Å². The zero-order chi connectivity index (χ0) is 15.9. The number of nitrogens with one attached hydrogen (secondary N) is 1. The molecule has 1 rings (SSSR count). The van der Waals surface area contributed by atoms with Gasteiger partial charge in [-0.05, 0) is 30.7 Å². The number of benzene rings is 1. The Bertz CT molecular complexity index is 541. The van der Waals surface area contributed by atoms with E-state index in [1.807, 2.05) is 18.2 Å². The summed E-state index contributed by atoms with van der Waals surface area (Å²) in [5.41, 5.74) is 0.962. The molecule has 1 N–H and O–H groups in total. The molecular weight excluding hydrogens is 290 g/mol. The fourth-order valence-corrected chi connectivity index (χ4v) is 2.15. The summed E-state index contributed by atoms with van der Waals surface area (Å²) < 4.78 is 33.1. The third kappa shape index (κ3) is 7.34. The number of hydrogen-bond acceptors (Lipinski definition) is 5. The van der Waals surface area contributed by atoms with Crippen molar-refractivity contribution in [3.8, 4) is 11.5 Å². The van der Waals surface area contributed by atoms with Crippen LogP contribution in [0.1, 0.15) is 19.4 Å². The van der Waals surface area contributed by atoms with E-state index in [-0.39, 0.29) is 12.4 Å². The van der Waals surface area contributed by atoms with Crippen molar-refractivity contribution in [3.05, 3.63) is 23.8 Å². The van der Waals surface area contributed by atoms with Gasteiger partial charge in [-0.25, -0.2) is 8.42 Å². The summed E-state index contributed by atoms with van der Waals surface area (Å²) in [5.74, 6) is 2.02.